The molecule has 31 heavy (non-hydrogen) atoms. The number of aromatic hydroxyl groups is 1. The zero-order chi connectivity index (χ0) is 21.5. The summed E-state index contributed by atoms with van der Waals surface area (Å²) in [5.74, 6) is 1.13. The lowest BCUT2D eigenvalue weighted by atomic mass is 10.1. The van der Waals surface area contributed by atoms with Crippen LogP contribution in [0.5, 0.6) is 11.5 Å². The number of phenolic OH excluding ortho intramolecular Hbond substituents is 1. The van der Waals surface area contributed by atoms with E-state index in [1.165, 1.54) is 30.5 Å². The summed E-state index contributed by atoms with van der Waals surface area (Å²) in [6, 6.07) is 15.7. The molecule has 1 atom stereocenters. The molecule has 0 bridgehead atoms. The maximum Gasteiger partial charge on any atom is 0.119 e. The summed E-state index contributed by atoms with van der Waals surface area (Å²) in [6.45, 7) is 8.17. The van der Waals surface area contributed by atoms with Crippen molar-refractivity contribution >= 4 is 5.69 Å². The Morgan fingerprint density at radius 1 is 0.774 bits per heavy atom. The predicted molar refractivity (Wildman–Crippen MR) is 124 cm³/mol. The van der Waals surface area contributed by atoms with Gasteiger partial charge in [0.1, 0.15) is 24.2 Å². The van der Waals surface area contributed by atoms with Crippen molar-refractivity contribution in [3.63, 3.8) is 0 Å². The van der Waals surface area contributed by atoms with E-state index >= 15 is 0 Å². The number of hydrogen-bond acceptors (Lipinski definition) is 6. The molecule has 0 amide bonds. The average Bonchev–Trinajstić information content (AvgIpc) is 2.80. The number of anilines is 1. The molecule has 6 heteroatoms. The maximum absolute atomic E-state index is 10.3. The van der Waals surface area contributed by atoms with Crippen LogP contribution in [-0.2, 0) is 6.54 Å². The Bertz CT molecular complexity index is 783. The minimum absolute atomic E-state index is 0.311. The van der Waals surface area contributed by atoms with Crippen molar-refractivity contribution in [1.29, 1.82) is 0 Å². The number of ether oxygens (including phenoxy) is 1. The molecule has 0 radical (unpaired) electrons. The fraction of sp³-hybridized carbons (Fsp3) is 0.520. The highest BCUT2D eigenvalue weighted by molar-refractivity contribution is 5.49. The maximum atomic E-state index is 10.3. The highest BCUT2D eigenvalue weighted by atomic mass is 16.5. The van der Waals surface area contributed by atoms with E-state index in [4.69, 9.17) is 4.74 Å². The Hall–Kier alpha value is -2.28. The minimum atomic E-state index is -0.442. The fourth-order valence-electron chi connectivity index (χ4n) is 4.46. The van der Waals surface area contributed by atoms with Crippen LogP contribution >= 0.6 is 0 Å². The third-order valence-electron chi connectivity index (χ3n) is 6.28. The highest BCUT2D eigenvalue weighted by Crippen LogP contribution is 2.21. The number of piperazine rings is 1. The Balaban J connectivity index is 1.18. The van der Waals surface area contributed by atoms with Gasteiger partial charge in [-0.1, -0.05) is 18.6 Å². The molecular weight excluding hydrogens is 390 g/mol. The SMILES string of the molecule is Oc1ccc(N2CCN(Cc3ccc(OCC(O)CN4CCCCC4)cc3)CC2)cc1. The van der Waals surface area contributed by atoms with E-state index in [1.54, 1.807) is 12.1 Å². The van der Waals surface area contributed by atoms with Gasteiger partial charge in [-0.3, -0.25) is 4.90 Å². The number of nitrogens with zero attached hydrogens (tertiary/aromatic N) is 3. The lowest BCUT2D eigenvalue weighted by molar-refractivity contribution is 0.0617. The Morgan fingerprint density at radius 3 is 2.13 bits per heavy atom. The topological polar surface area (TPSA) is 59.4 Å². The van der Waals surface area contributed by atoms with Crippen LogP contribution in [0.4, 0.5) is 5.69 Å². The van der Waals surface area contributed by atoms with Gasteiger partial charge in [-0.2, -0.15) is 0 Å². The lowest BCUT2D eigenvalue weighted by Crippen LogP contribution is -2.45. The number of likely N-dealkylation sites (tertiary alicyclic amines) is 1. The van der Waals surface area contributed by atoms with Gasteiger partial charge >= 0.3 is 0 Å². The van der Waals surface area contributed by atoms with E-state index in [0.29, 0.717) is 18.9 Å². The van der Waals surface area contributed by atoms with Crippen LogP contribution in [-0.4, -0.2) is 78.5 Å². The van der Waals surface area contributed by atoms with Gasteiger partial charge in [-0.05, 0) is 67.9 Å². The van der Waals surface area contributed by atoms with Crippen molar-refractivity contribution in [3.8, 4) is 11.5 Å². The van der Waals surface area contributed by atoms with Crippen molar-refractivity contribution < 1.29 is 14.9 Å². The Kier molecular flexibility index (Phi) is 7.67. The summed E-state index contributed by atoms with van der Waals surface area (Å²) in [5, 5.41) is 19.7. The number of aliphatic hydroxyl groups is 1. The van der Waals surface area contributed by atoms with E-state index < -0.39 is 6.10 Å². The van der Waals surface area contributed by atoms with Gasteiger partial charge in [-0.25, -0.2) is 0 Å². The molecule has 2 heterocycles. The minimum Gasteiger partial charge on any atom is -0.508 e. The molecule has 4 rings (SSSR count). The number of β-amino-alcohol motifs (C(OH)–C–C–N with tert-alkyl or cyclic N) is 1. The van der Waals surface area contributed by atoms with Crippen LogP contribution in [0, 0.1) is 0 Å². The smallest absolute Gasteiger partial charge is 0.119 e. The van der Waals surface area contributed by atoms with Crippen molar-refractivity contribution in [1.82, 2.24) is 9.80 Å². The summed E-state index contributed by atoms with van der Waals surface area (Å²) < 4.78 is 5.81. The van der Waals surface area contributed by atoms with Crippen molar-refractivity contribution in [2.75, 3.05) is 57.3 Å². The molecule has 2 N–H and O–H groups in total. The van der Waals surface area contributed by atoms with Crippen LogP contribution in [0.15, 0.2) is 48.5 Å². The summed E-state index contributed by atoms with van der Waals surface area (Å²) >= 11 is 0. The quantitative estimate of drug-likeness (QED) is 0.678. The highest BCUT2D eigenvalue weighted by Gasteiger charge is 2.18. The van der Waals surface area contributed by atoms with Gasteiger partial charge in [0.15, 0.2) is 0 Å². The van der Waals surface area contributed by atoms with Crippen molar-refractivity contribution in [3.05, 3.63) is 54.1 Å². The molecule has 2 fully saturated rings. The normalized spacial score (nSPS) is 19.3. The van der Waals surface area contributed by atoms with E-state index in [0.717, 1.165) is 51.6 Å². The number of rotatable bonds is 8. The van der Waals surface area contributed by atoms with Crippen molar-refractivity contribution in [2.45, 2.75) is 31.9 Å². The first-order valence-electron chi connectivity index (χ1n) is 11.5. The average molecular weight is 426 g/mol. The second-order valence-electron chi connectivity index (χ2n) is 8.75. The van der Waals surface area contributed by atoms with E-state index in [-0.39, 0.29) is 0 Å². The van der Waals surface area contributed by atoms with Gasteiger partial charge in [0.25, 0.3) is 0 Å². The molecule has 2 aliphatic rings. The fourth-order valence-corrected chi connectivity index (χ4v) is 4.46. The first-order chi connectivity index (χ1) is 15.2. The molecule has 0 saturated carbocycles. The molecule has 2 aromatic carbocycles. The zero-order valence-corrected chi connectivity index (χ0v) is 18.3. The molecule has 0 aromatic heterocycles. The number of piperidine rings is 1. The van der Waals surface area contributed by atoms with E-state index in [2.05, 4.69) is 26.8 Å². The standard InChI is InChI=1S/C25H35N3O3/c29-23-8-6-22(7-9-23)28-16-14-27(15-17-28)18-21-4-10-25(11-5-21)31-20-24(30)19-26-12-2-1-3-13-26/h4-11,24,29-30H,1-3,12-20H2. The summed E-state index contributed by atoms with van der Waals surface area (Å²) in [6.07, 6.45) is 3.34. The molecule has 6 nitrogen and oxygen atoms in total. The predicted octanol–water partition coefficient (Wildman–Crippen LogP) is 2.94. The van der Waals surface area contributed by atoms with Crippen molar-refractivity contribution in [2.24, 2.45) is 0 Å². The van der Waals surface area contributed by atoms with Gasteiger partial charge < -0.3 is 24.7 Å². The third kappa shape index (κ3) is 6.60. The Labute approximate surface area is 185 Å². The van der Waals surface area contributed by atoms with E-state index in [1.807, 2.05) is 24.3 Å². The molecule has 2 aliphatic heterocycles. The third-order valence-corrected chi connectivity index (χ3v) is 6.28. The second-order valence-corrected chi connectivity index (χ2v) is 8.75. The second kappa shape index (κ2) is 10.8. The summed E-state index contributed by atoms with van der Waals surface area (Å²) in [7, 11) is 0. The van der Waals surface area contributed by atoms with Crippen LogP contribution < -0.4 is 9.64 Å². The van der Waals surface area contributed by atoms with Crippen LogP contribution in [0.2, 0.25) is 0 Å². The largest absolute Gasteiger partial charge is 0.508 e. The first kappa shape index (κ1) is 21.9. The van der Waals surface area contributed by atoms with E-state index in [9.17, 15) is 10.2 Å². The molecular formula is C25H35N3O3. The molecule has 168 valence electrons. The van der Waals surface area contributed by atoms with Gasteiger partial charge in [0.05, 0.1) is 0 Å². The molecule has 1 unspecified atom stereocenters. The van der Waals surface area contributed by atoms with Crippen LogP contribution in [0.1, 0.15) is 24.8 Å². The molecule has 0 spiro atoms. The molecule has 2 aromatic rings. The molecule has 2 saturated heterocycles. The number of aliphatic hydroxyl groups excluding tert-OH is 1. The van der Waals surface area contributed by atoms with Gasteiger partial charge in [0.2, 0.25) is 0 Å². The van der Waals surface area contributed by atoms with Gasteiger partial charge in [-0.15, -0.1) is 0 Å². The summed E-state index contributed by atoms with van der Waals surface area (Å²) in [4.78, 5) is 7.17. The zero-order valence-electron chi connectivity index (χ0n) is 18.3. The number of hydrogen-bond donors (Lipinski definition) is 2. The lowest BCUT2D eigenvalue weighted by Gasteiger charge is -2.36. The Morgan fingerprint density at radius 2 is 1.45 bits per heavy atom. The number of benzene rings is 2. The van der Waals surface area contributed by atoms with Crippen LogP contribution in [0.25, 0.3) is 0 Å². The number of phenols is 1. The van der Waals surface area contributed by atoms with Gasteiger partial charge in [0, 0.05) is 45.0 Å². The first-order valence-corrected chi connectivity index (χ1v) is 11.5. The monoisotopic (exact) mass is 425 g/mol. The summed E-state index contributed by atoms with van der Waals surface area (Å²) in [5.41, 5.74) is 2.45. The molecule has 0 aliphatic carbocycles. The van der Waals surface area contributed by atoms with Crippen LogP contribution in [0.3, 0.4) is 0 Å².